The van der Waals surface area contributed by atoms with Crippen molar-refractivity contribution in [2.24, 2.45) is 5.92 Å². The molecule has 0 bridgehead atoms. The number of rotatable bonds is 4. The van der Waals surface area contributed by atoms with Crippen molar-refractivity contribution in [1.29, 1.82) is 0 Å². The lowest BCUT2D eigenvalue weighted by molar-refractivity contribution is 0.366. The van der Waals surface area contributed by atoms with Crippen LogP contribution in [-0.2, 0) is 0 Å². The molecule has 1 rings (SSSR count). The van der Waals surface area contributed by atoms with E-state index >= 15 is 0 Å². The highest BCUT2D eigenvalue weighted by Gasteiger charge is 2.10. The van der Waals surface area contributed by atoms with Crippen LogP contribution in [0.4, 0.5) is 0 Å². The molecule has 0 aromatic carbocycles. The number of hydrogen-bond acceptors (Lipinski definition) is 3. The molecular weight excluding hydrogens is 184 g/mol. The predicted octanol–water partition coefficient (Wildman–Crippen LogP) is 2.33. The van der Waals surface area contributed by atoms with Gasteiger partial charge in [-0.3, -0.25) is 0 Å². The van der Waals surface area contributed by atoms with E-state index in [1.165, 1.54) is 6.42 Å². The van der Waals surface area contributed by atoms with Crippen molar-refractivity contribution in [3.63, 3.8) is 0 Å². The molecule has 74 valence electrons. The van der Waals surface area contributed by atoms with Crippen molar-refractivity contribution >= 4 is 12.2 Å². The fourth-order valence-electron chi connectivity index (χ4n) is 1.35. The SMILES string of the molecule is CCC(C)CC(C)n1[nH]nnc1=S. The second-order valence-corrected chi connectivity index (χ2v) is 3.92. The van der Waals surface area contributed by atoms with E-state index in [0.29, 0.717) is 16.7 Å². The number of hydrogen-bond donors (Lipinski definition) is 1. The Morgan fingerprint density at radius 3 is 2.69 bits per heavy atom. The summed E-state index contributed by atoms with van der Waals surface area (Å²) in [7, 11) is 0. The Balaban J connectivity index is 2.63. The summed E-state index contributed by atoms with van der Waals surface area (Å²) in [5.41, 5.74) is 0. The number of tetrazole rings is 1. The van der Waals surface area contributed by atoms with Crippen LogP contribution in [-0.4, -0.2) is 20.2 Å². The van der Waals surface area contributed by atoms with Crippen LogP contribution in [0, 0.1) is 10.7 Å². The van der Waals surface area contributed by atoms with E-state index in [0.717, 1.165) is 6.42 Å². The maximum Gasteiger partial charge on any atom is 0.238 e. The average Bonchev–Trinajstić information content (AvgIpc) is 2.51. The first-order valence-corrected chi connectivity index (χ1v) is 5.05. The summed E-state index contributed by atoms with van der Waals surface area (Å²) in [5.74, 6) is 0.709. The Hall–Kier alpha value is -0.710. The van der Waals surface area contributed by atoms with Crippen molar-refractivity contribution < 1.29 is 0 Å². The third-order valence-corrected chi connectivity index (χ3v) is 2.65. The van der Waals surface area contributed by atoms with E-state index in [1.54, 1.807) is 0 Å². The van der Waals surface area contributed by atoms with Crippen molar-refractivity contribution in [2.75, 3.05) is 0 Å². The molecule has 0 saturated carbocycles. The van der Waals surface area contributed by atoms with Gasteiger partial charge in [0.1, 0.15) is 0 Å². The van der Waals surface area contributed by atoms with Gasteiger partial charge in [-0.25, -0.2) is 4.68 Å². The summed E-state index contributed by atoms with van der Waals surface area (Å²) in [6, 6.07) is 0.359. The van der Waals surface area contributed by atoms with Gasteiger partial charge in [0, 0.05) is 0 Å². The van der Waals surface area contributed by atoms with E-state index in [4.69, 9.17) is 12.2 Å². The van der Waals surface area contributed by atoms with E-state index in [1.807, 2.05) is 4.68 Å². The van der Waals surface area contributed by atoms with Gasteiger partial charge in [-0.1, -0.05) is 30.6 Å². The zero-order valence-corrected chi connectivity index (χ0v) is 9.14. The molecule has 1 aromatic heterocycles. The summed E-state index contributed by atoms with van der Waals surface area (Å²) in [4.78, 5) is 0. The molecule has 1 aromatic rings. The zero-order valence-electron chi connectivity index (χ0n) is 8.32. The van der Waals surface area contributed by atoms with Gasteiger partial charge in [-0.05, 0) is 31.5 Å². The monoisotopic (exact) mass is 200 g/mol. The van der Waals surface area contributed by atoms with Crippen molar-refractivity contribution in [3.05, 3.63) is 4.77 Å². The first-order chi connectivity index (χ1) is 6.15. The lowest BCUT2D eigenvalue weighted by atomic mass is 10.0. The van der Waals surface area contributed by atoms with E-state index < -0.39 is 0 Å². The lowest BCUT2D eigenvalue weighted by Crippen LogP contribution is -2.10. The van der Waals surface area contributed by atoms with Gasteiger partial charge in [0.2, 0.25) is 4.77 Å². The highest BCUT2D eigenvalue weighted by Crippen LogP contribution is 2.17. The molecule has 1 N–H and O–H groups in total. The van der Waals surface area contributed by atoms with Crippen LogP contribution >= 0.6 is 12.2 Å². The van der Waals surface area contributed by atoms with Crippen molar-refractivity contribution in [1.82, 2.24) is 20.2 Å². The number of nitrogens with one attached hydrogen (secondary N) is 1. The normalized spacial score (nSPS) is 15.6. The molecule has 0 aliphatic heterocycles. The second kappa shape index (κ2) is 4.50. The maximum absolute atomic E-state index is 5.01. The minimum Gasteiger partial charge on any atom is -0.240 e. The average molecular weight is 200 g/mol. The van der Waals surface area contributed by atoms with Crippen LogP contribution < -0.4 is 0 Å². The number of aromatic amines is 1. The van der Waals surface area contributed by atoms with Crippen LogP contribution in [0.5, 0.6) is 0 Å². The molecule has 0 aliphatic carbocycles. The fraction of sp³-hybridized carbons (Fsp3) is 0.875. The van der Waals surface area contributed by atoms with E-state index in [-0.39, 0.29) is 0 Å². The number of nitrogens with zero attached hydrogens (tertiary/aromatic N) is 3. The molecule has 0 aliphatic rings. The first kappa shape index (κ1) is 10.4. The number of aromatic nitrogens is 4. The second-order valence-electron chi connectivity index (χ2n) is 3.55. The molecule has 0 spiro atoms. The van der Waals surface area contributed by atoms with E-state index in [9.17, 15) is 0 Å². The quantitative estimate of drug-likeness (QED) is 0.759. The standard InChI is InChI=1S/C8H16N4S/c1-4-6(2)5-7(3)12-8(13)9-10-11-12/h6-7H,4-5H2,1-3H3,(H,9,11,13). The summed E-state index contributed by atoms with van der Waals surface area (Å²) in [5, 5.41) is 10.2. The van der Waals surface area contributed by atoms with Gasteiger partial charge >= 0.3 is 0 Å². The van der Waals surface area contributed by atoms with Crippen LogP contribution in [0.3, 0.4) is 0 Å². The van der Waals surface area contributed by atoms with Crippen LogP contribution in [0.15, 0.2) is 0 Å². The van der Waals surface area contributed by atoms with Gasteiger partial charge in [0.15, 0.2) is 0 Å². The largest absolute Gasteiger partial charge is 0.240 e. The molecule has 0 amide bonds. The Kier molecular flexibility index (Phi) is 3.59. The summed E-state index contributed by atoms with van der Waals surface area (Å²) >= 11 is 5.01. The van der Waals surface area contributed by atoms with Gasteiger partial charge in [-0.2, -0.15) is 5.21 Å². The third-order valence-electron chi connectivity index (χ3n) is 2.38. The molecule has 2 unspecified atom stereocenters. The van der Waals surface area contributed by atoms with Gasteiger partial charge < -0.3 is 0 Å². The summed E-state index contributed by atoms with van der Waals surface area (Å²) in [6.45, 7) is 6.56. The summed E-state index contributed by atoms with van der Waals surface area (Å²) < 4.78 is 2.37. The minimum absolute atomic E-state index is 0.359. The minimum atomic E-state index is 0.359. The molecule has 0 fully saturated rings. The van der Waals surface area contributed by atoms with Gasteiger partial charge in [0.05, 0.1) is 6.04 Å². The molecule has 5 heteroatoms. The third kappa shape index (κ3) is 2.62. The van der Waals surface area contributed by atoms with Crippen molar-refractivity contribution in [2.45, 2.75) is 39.7 Å². The molecule has 1 heterocycles. The smallest absolute Gasteiger partial charge is 0.238 e. The predicted molar refractivity (Wildman–Crippen MR) is 54.0 cm³/mol. The maximum atomic E-state index is 5.01. The molecular formula is C8H16N4S. The molecule has 0 radical (unpaired) electrons. The highest BCUT2D eigenvalue weighted by atomic mass is 32.1. The van der Waals surface area contributed by atoms with E-state index in [2.05, 4.69) is 36.3 Å². The highest BCUT2D eigenvalue weighted by molar-refractivity contribution is 7.71. The van der Waals surface area contributed by atoms with Gasteiger partial charge in [-0.15, -0.1) is 0 Å². The molecule has 2 atom stereocenters. The Bertz CT molecular complexity index is 303. The zero-order chi connectivity index (χ0) is 9.84. The first-order valence-electron chi connectivity index (χ1n) is 4.64. The molecule has 4 nitrogen and oxygen atoms in total. The van der Waals surface area contributed by atoms with Gasteiger partial charge in [0.25, 0.3) is 0 Å². The Labute approximate surface area is 83.3 Å². The number of H-pyrrole nitrogens is 1. The molecule has 13 heavy (non-hydrogen) atoms. The Morgan fingerprint density at radius 1 is 1.54 bits per heavy atom. The fourth-order valence-corrected chi connectivity index (χ4v) is 1.61. The lowest BCUT2D eigenvalue weighted by Gasteiger charge is -2.15. The van der Waals surface area contributed by atoms with Crippen molar-refractivity contribution in [3.8, 4) is 0 Å². The molecule has 0 saturated heterocycles. The topological polar surface area (TPSA) is 46.5 Å². The van der Waals surface area contributed by atoms with Crippen LogP contribution in [0.1, 0.15) is 39.7 Å². The Morgan fingerprint density at radius 2 is 2.23 bits per heavy atom. The van der Waals surface area contributed by atoms with Crippen LogP contribution in [0.25, 0.3) is 0 Å². The summed E-state index contributed by atoms with van der Waals surface area (Å²) in [6.07, 6.45) is 2.30. The van der Waals surface area contributed by atoms with Crippen LogP contribution in [0.2, 0.25) is 0 Å².